The second-order valence-electron chi connectivity index (χ2n) is 7.79. The molecule has 0 spiro atoms. The maximum absolute atomic E-state index is 12.5. The molecule has 1 aliphatic rings. The molecular formula is C20H36O4. The van der Waals surface area contributed by atoms with Crippen molar-refractivity contribution in [1.82, 2.24) is 0 Å². The van der Waals surface area contributed by atoms with Crippen molar-refractivity contribution in [3.05, 3.63) is 0 Å². The molecular weight excluding hydrogens is 304 g/mol. The second kappa shape index (κ2) is 11.5. The van der Waals surface area contributed by atoms with Crippen molar-refractivity contribution in [2.75, 3.05) is 0 Å². The van der Waals surface area contributed by atoms with Gasteiger partial charge in [0.15, 0.2) is 0 Å². The van der Waals surface area contributed by atoms with Crippen LogP contribution in [-0.4, -0.2) is 23.1 Å². The van der Waals surface area contributed by atoms with E-state index in [-0.39, 0.29) is 23.9 Å². The summed E-state index contributed by atoms with van der Waals surface area (Å²) in [5.41, 5.74) is 0. The van der Waals surface area contributed by atoms with E-state index in [1.54, 1.807) is 0 Å². The molecule has 1 fully saturated rings. The largest absolute Gasteiger partial charge is 0.481 e. The van der Waals surface area contributed by atoms with Crippen LogP contribution in [0, 0.1) is 17.8 Å². The molecule has 1 rings (SSSR count). The molecule has 0 aromatic heterocycles. The number of hydrogen-bond donors (Lipinski definition) is 1. The first-order chi connectivity index (χ1) is 11.4. The SMILES string of the molecule is CCCCCCCC(CC(C)C)OC(=O)C1CCCC(C(=O)O)C1. The van der Waals surface area contributed by atoms with Gasteiger partial charge in [0.2, 0.25) is 0 Å². The lowest BCUT2D eigenvalue weighted by Gasteiger charge is -2.27. The average molecular weight is 341 g/mol. The van der Waals surface area contributed by atoms with E-state index < -0.39 is 5.97 Å². The van der Waals surface area contributed by atoms with Crippen LogP contribution in [0.25, 0.3) is 0 Å². The number of unbranched alkanes of at least 4 members (excludes halogenated alkanes) is 4. The molecule has 0 aliphatic heterocycles. The van der Waals surface area contributed by atoms with Crippen molar-refractivity contribution < 1.29 is 19.4 Å². The van der Waals surface area contributed by atoms with E-state index in [4.69, 9.17) is 4.74 Å². The molecule has 1 saturated carbocycles. The summed E-state index contributed by atoms with van der Waals surface area (Å²) in [4.78, 5) is 23.6. The molecule has 140 valence electrons. The molecule has 0 amide bonds. The van der Waals surface area contributed by atoms with E-state index in [2.05, 4.69) is 20.8 Å². The fraction of sp³-hybridized carbons (Fsp3) is 0.900. The zero-order chi connectivity index (χ0) is 17.9. The molecule has 3 atom stereocenters. The Morgan fingerprint density at radius 1 is 1.08 bits per heavy atom. The van der Waals surface area contributed by atoms with Gasteiger partial charge in [-0.25, -0.2) is 0 Å². The zero-order valence-corrected chi connectivity index (χ0v) is 15.8. The number of rotatable bonds is 11. The van der Waals surface area contributed by atoms with Crippen LogP contribution in [0.3, 0.4) is 0 Å². The third-order valence-electron chi connectivity index (χ3n) is 5.00. The van der Waals surface area contributed by atoms with E-state index in [0.717, 1.165) is 32.1 Å². The van der Waals surface area contributed by atoms with E-state index in [1.807, 2.05) is 0 Å². The van der Waals surface area contributed by atoms with Crippen LogP contribution in [0.1, 0.15) is 91.4 Å². The number of esters is 1. The molecule has 1 N–H and O–H groups in total. The van der Waals surface area contributed by atoms with Gasteiger partial charge in [-0.1, -0.05) is 52.9 Å². The van der Waals surface area contributed by atoms with Gasteiger partial charge in [-0.2, -0.15) is 0 Å². The third-order valence-corrected chi connectivity index (χ3v) is 5.00. The highest BCUT2D eigenvalue weighted by molar-refractivity contribution is 5.75. The van der Waals surface area contributed by atoms with Gasteiger partial charge in [0.05, 0.1) is 11.8 Å². The highest BCUT2D eigenvalue weighted by Gasteiger charge is 2.33. The van der Waals surface area contributed by atoms with Gasteiger partial charge in [0, 0.05) is 0 Å². The summed E-state index contributed by atoms with van der Waals surface area (Å²) in [5.74, 6) is -1.05. The Balaban J connectivity index is 2.45. The van der Waals surface area contributed by atoms with Crippen LogP contribution in [0.4, 0.5) is 0 Å². The van der Waals surface area contributed by atoms with Crippen molar-refractivity contribution in [2.24, 2.45) is 17.8 Å². The number of carbonyl (C=O) groups is 2. The maximum atomic E-state index is 12.5. The predicted molar refractivity (Wildman–Crippen MR) is 95.8 cm³/mol. The molecule has 24 heavy (non-hydrogen) atoms. The van der Waals surface area contributed by atoms with Crippen molar-refractivity contribution in [3.8, 4) is 0 Å². The first kappa shape index (κ1) is 21.0. The summed E-state index contributed by atoms with van der Waals surface area (Å²) in [5, 5.41) is 9.17. The summed E-state index contributed by atoms with van der Waals surface area (Å²) in [6.07, 6.45) is 10.6. The molecule has 4 heteroatoms. The lowest BCUT2D eigenvalue weighted by molar-refractivity contribution is -0.158. The molecule has 0 heterocycles. The highest BCUT2D eigenvalue weighted by Crippen LogP contribution is 2.31. The molecule has 0 saturated heterocycles. The topological polar surface area (TPSA) is 63.6 Å². The van der Waals surface area contributed by atoms with E-state index in [9.17, 15) is 14.7 Å². The minimum absolute atomic E-state index is 0.00988. The Labute approximate surface area is 147 Å². The van der Waals surface area contributed by atoms with Crippen LogP contribution < -0.4 is 0 Å². The Morgan fingerprint density at radius 3 is 2.38 bits per heavy atom. The average Bonchev–Trinajstić information content (AvgIpc) is 2.54. The Hall–Kier alpha value is -1.06. The monoisotopic (exact) mass is 340 g/mol. The van der Waals surface area contributed by atoms with E-state index in [0.29, 0.717) is 18.8 Å². The van der Waals surface area contributed by atoms with Crippen LogP contribution in [-0.2, 0) is 14.3 Å². The highest BCUT2D eigenvalue weighted by atomic mass is 16.5. The summed E-state index contributed by atoms with van der Waals surface area (Å²) in [7, 11) is 0. The number of hydrogen-bond acceptors (Lipinski definition) is 3. The first-order valence-corrected chi connectivity index (χ1v) is 9.87. The molecule has 0 radical (unpaired) electrons. The van der Waals surface area contributed by atoms with Gasteiger partial charge in [-0.15, -0.1) is 0 Å². The van der Waals surface area contributed by atoms with Gasteiger partial charge in [-0.3, -0.25) is 9.59 Å². The fourth-order valence-electron chi connectivity index (χ4n) is 3.61. The first-order valence-electron chi connectivity index (χ1n) is 9.87. The number of carbonyl (C=O) groups excluding carboxylic acids is 1. The normalized spacial score (nSPS) is 22.3. The quantitative estimate of drug-likeness (QED) is 0.415. The minimum atomic E-state index is -0.776. The standard InChI is InChI=1S/C20H36O4/c1-4-5-6-7-8-12-18(13-15(2)3)24-20(23)17-11-9-10-16(14-17)19(21)22/h15-18H,4-14H2,1-3H3,(H,21,22). The Kier molecular flexibility index (Phi) is 10.0. The molecule has 0 aromatic carbocycles. The Morgan fingerprint density at radius 2 is 1.75 bits per heavy atom. The van der Waals surface area contributed by atoms with Crippen LogP contribution in [0.15, 0.2) is 0 Å². The van der Waals surface area contributed by atoms with Gasteiger partial charge in [-0.05, 0) is 44.4 Å². The smallest absolute Gasteiger partial charge is 0.309 e. The summed E-state index contributed by atoms with van der Waals surface area (Å²) >= 11 is 0. The number of carboxylic acid groups (broad SMARTS) is 1. The number of ether oxygens (including phenoxy) is 1. The molecule has 1 aliphatic carbocycles. The maximum Gasteiger partial charge on any atom is 0.309 e. The minimum Gasteiger partial charge on any atom is -0.481 e. The lowest BCUT2D eigenvalue weighted by Crippen LogP contribution is -2.31. The van der Waals surface area contributed by atoms with Crippen molar-refractivity contribution in [3.63, 3.8) is 0 Å². The zero-order valence-electron chi connectivity index (χ0n) is 15.8. The van der Waals surface area contributed by atoms with E-state index in [1.165, 1.54) is 25.7 Å². The van der Waals surface area contributed by atoms with Gasteiger partial charge in [0.1, 0.15) is 6.10 Å². The summed E-state index contributed by atoms with van der Waals surface area (Å²) in [6.45, 7) is 6.51. The Bertz CT molecular complexity index is 378. The van der Waals surface area contributed by atoms with Crippen molar-refractivity contribution in [2.45, 2.75) is 97.5 Å². The predicted octanol–water partition coefficient (Wildman–Crippen LogP) is 5.20. The van der Waals surface area contributed by atoms with Crippen LogP contribution >= 0.6 is 0 Å². The van der Waals surface area contributed by atoms with Gasteiger partial charge in [0.25, 0.3) is 0 Å². The van der Waals surface area contributed by atoms with Gasteiger partial charge < -0.3 is 9.84 Å². The van der Waals surface area contributed by atoms with Crippen molar-refractivity contribution in [1.29, 1.82) is 0 Å². The lowest BCUT2D eigenvalue weighted by atomic mass is 9.81. The third kappa shape index (κ3) is 8.16. The number of aliphatic carboxylic acids is 1. The molecule has 3 unspecified atom stereocenters. The number of carboxylic acids is 1. The molecule has 0 bridgehead atoms. The van der Waals surface area contributed by atoms with Gasteiger partial charge >= 0.3 is 11.9 Å². The van der Waals surface area contributed by atoms with Crippen LogP contribution in [0.5, 0.6) is 0 Å². The second-order valence-corrected chi connectivity index (χ2v) is 7.79. The summed E-state index contributed by atoms with van der Waals surface area (Å²) in [6, 6.07) is 0. The molecule has 4 nitrogen and oxygen atoms in total. The van der Waals surface area contributed by atoms with Crippen molar-refractivity contribution >= 4 is 11.9 Å². The van der Waals surface area contributed by atoms with E-state index >= 15 is 0 Å². The molecule has 0 aromatic rings. The summed E-state index contributed by atoms with van der Waals surface area (Å²) < 4.78 is 5.80. The fourth-order valence-corrected chi connectivity index (χ4v) is 3.61. The van der Waals surface area contributed by atoms with Crippen LogP contribution in [0.2, 0.25) is 0 Å².